The summed E-state index contributed by atoms with van der Waals surface area (Å²) in [6.45, 7) is 1.73. The molecule has 1 atom stereocenters. The fraction of sp³-hybridized carbons (Fsp3) is 0.308. The van der Waals surface area contributed by atoms with Crippen LogP contribution in [0.2, 0.25) is 0 Å². The largest absolute Gasteiger partial charge is 0.392 e. The van der Waals surface area contributed by atoms with Gasteiger partial charge in [0, 0.05) is 35.0 Å². The van der Waals surface area contributed by atoms with Crippen LogP contribution in [0.5, 0.6) is 0 Å². The maximum absolute atomic E-state index is 12.0. The van der Waals surface area contributed by atoms with Crippen molar-refractivity contribution in [2.24, 2.45) is 0 Å². The molecular weight excluding hydrogens is 324 g/mol. The summed E-state index contributed by atoms with van der Waals surface area (Å²) in [5.41, 5.74) is 0.569. The van der Waals surface area contributed by atoms with Crippen molar-refractivity contribution in [1.82, 2.24) is 14.8 Å². The highest BCUT2D eigenvalue weighted by molar-refractivity contribution is 9.10. The Hall–Kier alpha value is -1.73. The molecule has 2 heterocycles. The summed E-state index contributed by atoms with van der Waals surface area (Å²) < 4.78 is 2.48. The van der Waals surface area contributed by atoms with Gasteiger partial charge in [0.2, 0.25) is 5.91 Å². The molecule has 0 aliphatic carbocycles. The van der Waals surface area contributed by atoms with Crippen molar-refractivity contribution in [2.45, 2.75) is 26.0 Å². The number of carbonyl (C=O) groups excluding carboxylic acids is 1. The van der Waals surface area contributed by atoms with E-state index in [9.17, 15) is 9.90 Å². The van der Waals surface area contributed by atoms with Crippen LogP contribution in [0.25, 0.3) is 0 Å². The van der Waals surface area contributed by atoms with Gasteiger partial charge in [-0.15, -0.1) is 0 Å². The van der Waals surface area contributed by atoms with Crippen molar-refractivity contribution >= 4 is 27.7 Å². The average molecular weight is 339 g/mol. The van der Waals surface area contributed by atoms with E-state index in [4.69, 9.17) is 0 Å². The van der Waals surface area contributed by atoms with E-state index in [1.807, 2.05) is 19.2 Å². The lowest BCUT2D eigenvalue weighted by Gasteiger charge is -2.13. The first kappa shape index (κ1) is 14.7. The summed E-state index contributed by atoms with van der Waals surface area (Å²) in [6.07, 6.45) is 5.35. The summed E-state index contributed by atoms with van der Waals surface area (Å²) in [6, 6.07) is 3.49. The number of nitrogens with one attached hydrogen (secondary N) is 1. The van der Waals surface area contributed by atoms with E-state index in [1.54, 1.807) is 23.1 Å². The Labute approximate surface area is 125 Å². The molecule has 2 N–H and O–H groups in total. The fourth-order valence-electron chi connectivity index (χ4n) is 1.80. The summed E-state index contributed by atoms with van der Waals surface area (Å²) in [5.74, 6) is 0.214. The molecule has 0 saturated carbocycles. The quantitative estimate of drug-likeness (QED) is 0.875. The van der Waals surface area contributed by atoms with E-state index in [0.717, 1.165) is 4.47 Å². The van der Waals surface area contributed by atoms with Gasteiger partial charge >= 0.3 is 0 Å². The van der Waals surface area contributed by atoms with Crippen molar-refractivity contribution < 1.29 is 9.90 Å². The summed E-state index contributed by atoms with van der Waals surface area (Å²) in [7, 11) is 0. The van der Waals surface area contributed by atoms with Crippen molar-refractivity contribution in [3.8, 4) is 0 Å². The zero-order valence-corrected chi connectivity index (χ0v) is 12.5. The highest BCUT2D eigenvalue weighted by Crippen LogP contribution is 2.19. The first-order chi connectivity index (χ1) is 9.60. The van der Waals surface area contributed by atoms with E-state index in [1.165, 1.54) is 0 Å². The minimum absolute atomic E-state index is 0.0435. The SMILES string of the molecule is C[C@@H](CC(=O)Nc1ncc(Br)cc1CO)n1cccn1. The zero-order valence-electron chi connectivity index (χ0n) is 11.0. The van der Waals surface area contributed by atoms with Gasteiger partial charge in [0.1, 0.15) is 5.82 Å². The van der Waals surface area contributed by atoms with Crippen LogP contribution in [0.1, 0.15) is 24.9 Å². The molecule has 0 unspecified atom stereocenters. The molecule has 0 saturated heterocycles. The Bertz CT molecular complexity index is 586. The maximum atomic E-state index is 12.0. The van der Waals surface area contributed by atoms with Gasteiger partial charge < -0.3 is 10.4 Å². The molecule has 0 spiro atoms. The fourth-order valence-corrected chi connectivity index (χ4v) is 2.18. The van der Waals surface area contributed by atoms with E-state index in [2.05, 4.69) is 31.3 Å². The number of aliphatic hydroxyl groups is 1. The molecule has 0 radical (unpaired) electrons. The second-order valence-electron chi connectivity index (χ2n) is 4.41. The Balaban J connectivity index is 2.01. The van der Waals surface area contributed by atoms with Crippen molar-refractivity contribution in [3.05, 3.63) is 40.8 Å². The lowest BCUT2D eigenvalue weighted by molar-refractivity contribution is -0.116. The lowest BCUT2D eigenvalue weighted by Crippen LogP contribution is -2.19. The molecule has 106 valence electrons. The smallest absolute Gasteiger partial charge is 0.227 e. The summed E-state index contributed by atoms with van der Waals surface area (Å²) in [4.78, 5) is 16.1. The molecule has 1 amide bonds. The predicted molar refractivity (Wildman–Crippen MR) is 78.0 cm³/mol. The molecule has 2 aromatic rings. The standard InChI is InChI=1S/C13H15BrN4O2/c1-9(18-4-2-3-16-18)5-12(20)17-13-10(8-19)6-11(14)7-15-13/h2-4,6-7,9,19H,5,8H2,1H3,(H,15,17,20)/t9-/m0/s1. The molecule has 0 aliphatic rings. The number of aliphatic hydroxyl groups excluding tert-OH is 1. The van der Waals surface area contributed by atoms with Crippen molar-refractivity contribution in [2.75, 3.05) is 5.32 Å². The van der Waals surface area contributed by atoms with E-state index >= 15 is 0 Å². The van der Waals surface area contributed by atoms with Gasteiger partial charge in [0.25, 0.3) is 0 Å². The van der Waals surface area contributed by atoms with Crippen molar-refractivity contribution in [3.63, 3.8) is 0 Å². The highest BCUT2D eigenvalue weighted by atomic mass is 79.9. The monoisotopic (exact) mass is 338 g/mol. The van der Waals surface area contributed by atoms with Gasteiger partial charge in [-0.05, 0) is 35.0 Å². The molecule has 0 aliphatic heterocycles. The third-order valence-electron chi connectivity index (χ3n) is 2.82. The van der Waals surface area contributed by atoms with Crippen molar-refractivity contribution in [1.29, 1.82) is 0 Å². The van der Waals surface area contributed by atoms with E-state index in [-0.39, 0.29) is 25.0 Å². The Morgan fingerprint density at radius 1 is 1.60 bits per heavy atom. The van der Waals surface area contributed by atoms with Gasteiger partial charge in [-0.1, -0.05) is 0 Å². The molecular formula is C13H15BrN4O2. The topological polar surface area (TPSA) is 80.0 Å². The summed E-state index contributed by atoms with van der Waals surface area (Å²) in [5, 5.41) is 16.1. The predicted octanol–water partition coefficient (Wildman–Crippen LogP) is 2.12. The average Bonchev–Trinajstić information content (AvgIpc) is 2.94. The van der Waals surface area contributed by atoms with Crippen LogP contribution in [0, 0.1) is 0 Å². The minimum Gasteiger partial charge on any atom is -0.392 e. The second-order valence-corrected chi connectivity index (χ2v) is 5.32. The molecule has 0 aromatic carbocycles. The Morgan fingerprint density at radius 2 is 2.40 bits per heavy atom. The van der Waals surface area contributed by atoms with E-state index < -0.39 is 0 Å². The van der Waals surface area contributed by atoms with Gasteiger partial charge in [-0.25, -0.2) is 4.98 Å². The van der Waals surface area contributed by atoms with Gasteiger partial charge in [0.15, 0.2) is 0 Å². The van der Waals surface area contributed by atoms with Gasteiger partial charge in [0.05, 0.1) is 12.6 Å². The number of rotatable bonds is 5. The van der Waals surface area contributed by atoms with Gasteiger partial charge in [-0.2, -0.15) is 5.10 Å². The van der Waals surface area contributed by atoms with E-state index in [0.29, 0.717) is 11.4 Å². The Kier molecular flexibility index (Phi) is 4.86. The van der Waals surface area contributed by atoms with Crippen LogP contribution in [-0.4, -0.2) is 25.8 Å². The van der Waals surface area contributed by atoms with Crippen LogP contribution in [0.3, 0.4) is 0 Å². The number of amides is 1. The third kappa shape index (κ3) is 3.64. The zero-order chi connectivity index (χ0) is 14.5. The number of hydrogen-bond donors (Lipinski definition) is 2. The third-order valence-corrected chi connectivity index (χ3v) is 3.25. The molecule has 0 fully saturated rings. The normalized spacial score (nSPS) is 12.2. The first-order valence-electron chi connectivity index (χ1n) is 6.14. The van der Waals surface area contributed by atoms with Crippen LogP contribution >= 0.6 is 15.9 Å². The number of aromatic nitrogens is 3. The van der Waals surface area contributed by atoms with Crippen LogP contribution in [0.4, 0.5) is 5.82 Å². The molecule has 20 heavy (non-hydrogen) atoms. The Morgan fingerprint density at radius 3 is 3.05 bits per heavy atom. The highest BCUT2D eigenvalue weighted by Gasteiger charge is 2.13. The lowest BCUT2D eigenvalue weighted by atomic mass is 10.2. The first-order valence-corrected chi connectivity index (χ1v) is 6.93. The molecule has 2 aromatic heterocycles. The van der Waals surface area contributed by atoms with Gasteiger partial charge in [-0.3, -0.25) is 9.48 Å². The number of carbonyl (C=O) groups is 1. The number of halogens is 1. The molecule has 2 rings (SSSR count). The second kappa shape index (κ2) is 6.62. The molecule has 7 heteroatoms. The number of hydrogen-bond acceptors (Lipinski definition) is 4. The minimum atomic E-state index is -0.184. The van der Waals surface area contributed by atoms with Crippen LogP contribution in [0.15, 0.2) is 35.2 Å². The van der Waals surface area contributed by atoms with Crippen LogP contribution < -0.4 is 5.32 Å². The van der Waals surface area contributed by atoms with Crippen LogP contribution in [-0.2, 0) is 11.4 Å². The summed E-state index contributed by atoms with van der Waals surface area (Å²) >= 11 is 3.27. The number of pyridine rings is 1. The molecule has 0 bridgehead atoms. The molecule has 6 nitrogen and oxygen atoms in total. The number of anilines is 1. The number of nitrogens with zero attached hydrogens (tertiary/aromatic N) is 3. The maximum Gasteiger partial charge on any atom is 0.227 e.